The summed E-state index contributed by atoms with van der Waals surface area (Å²) in [5.74, 6) is -0.736. The van der Waals surface area contributed by atoms with Gasteiger partial charge < -0.3 is 15.4 Å². The van der Waals surface area contributed by atoms with Crippen LogP contribution in [-0.2, 0) is 15.1 Å². The monoisotopic (exact) mass is 419 g/mol. The minimum absolute atomic E-state index is 0.229. The average molecular weight is 419 g/mol. The molecule has 9 nitrogen and oxygen atoms in total. The van der Waals surface area contributed by atoms with Crippen molar-refractivity contribution in [2.75, 3.05) is 11.9 Å². The molecule has 3 rings (SSSR count). The number of thiazole rings is 1. The van der Waals surface area contributed by atoms with E-state index in [0.29, 0.717) is 14.2 Å². The molecule has 0 aliphatic carbocycles. The topological polar surface area (TPSA) is 130 Å². The average Bonchev–Trinajstić information content (AvgIpc) is 3.38. The molecule has 3 aromatic rings. The molecule has 1 amide bonds. The number of aromatic amines is 1. The molecular formula is C17H17N5O4S2. The van der Waals surface area contributed by atoms with Crippen molar-refractivity contribution in [3.8, 4) is 0 Å². The molecule has 0 aliphatic heterocycles. The Morgan fingerprint density at radius 1 is 1.36 bits per heavy atom. The van der Waals surface area contributed by atoms with Crippen molar-refractivity contribution in [2.45, 2.75) is 19.4 Å². The highest BCUT2D eigenvalue weighted by Gasteiger charge is 2.28. The van der Waals surface area contributed by atoms with Gasteiger partial charge in [0, 0.05) is 11.0 Å². The van der Waals surface area contributed by atoms with E-state index >= 15 is 0 Å². The lowest BCUT2D eigenvalue weighted by atomic mass is 10.00. The molecule has 0 bridgehead atoms. The van der Waals surface area contributed by atoms with Gasteiger partial charge in [-0.1, -0.05) is 0 Å². The maximum absolute atomic E-state index is 12.6. The first-order valence-electron chi connectivity index (χ1n) is 8.12. The van der Waals surface area contributed by atoms with Gasteiger partial charge in [-0.15, -0.1) is 22.7 Å². The number of rotatable bonds is 6. The Kier molecular flexibility index (Phi) is 5.68. The second-order valence-electron chi connectivity index (χ2n) is 6.24. The van der Waals surface area contributed by atoms with Gasteiger partial charge >= 0.3 is 0 Å². The van der Waals surface area contributed by atoms with Gasteiger partial charge in [-0.05, 0) is 32.1 Å². The summed E-state index contributed by atoms with van der Waals surface area (Å²) in [6.07, 6.45) is 5.87. The Balaban J connectivity index is 1.88. The number of amides is 1. The highest BCUT2D eigenvalue weighted by Crippen LogP contribution is 2.22. The van der Waals surface area contributed by atoms with Crippen LogP contribution in [0.25, 0.3) is 12.2 Å². The fraction of sp³-hybridized carbons (Fsp3) is 0.235. The molecule has 3 heterocycles. The summed E-state index contributed by atoms with van der Waals surface area (Å²) in [6, 6.07) is 3.43. The number of thiophene rings is 1. The number of nitrogens with zero attached hydrogens (tertiary/aromatic N) is 3. The first kappa shape index (κ1) is 19.9. The van der Waals surface area contributed by atoms with E-state index < -0.39 is 18.1 Å². The van der Waals surface area contributed by atoms with E-state index in [0.717, 1.165) is 16.2 Å². The zero-order valence-corrected chi connectivity index (χ0v) is 16.6. The number of carbonyl (C=O) groups is 2. The normalized spacial score (nSPS) is 13.1. The number of nitrogens with one attached hydrogen (secondary N) is 2. The predicted molar refractivity (Wildman–Crippen MR) is 107 cm³/mol. The van der Waals surface area contributed by atoms with Gasteiger partial charge in [0.1, 0.15) is 24.8 Å². The number of carbonyl (C=O) groups excluding carboxylic acids is 2. The van der Waals surface area contributed by atoms with E-state index in [9.17, 15) is 14.4 Å². The van der Waals surface area contributed by atoms with Crippen LogP contribution in [0.3, 0.4) is 0 Å². The summed E-state index contributed by atoms with van der Waals surface area (Å²) >= 11 is 2.42. The third-order valence-electron chi connectivity index (χ3n) is 3.84. The summed E-state index contributed by atoms with van der Waals surface area (Å²) in [4.78, 5) is 43.3. The Bertz CT molecular complexity index is 1170. The molecule has 0 aliphatic rings. The zero-order valence-electron chi connectivity index (χ0n) is 15.0. The van der Waals surface area contributed by atoms with E-state index in [-0.39, 0.29) is 11.3 Å². The van der Waals surface area contributed by atoms with Crippen molar-refractivity contribution < 1.29 is 14.7 Å². The van der Waals surface area contributed by atoms with E-state index in [1.54, 1.807) is 32.1 Å². The standard InChI is InChI=1S/C17H17N5O4S2/c1-17(2,22-9-18-8-19-22)12(24)6-15-21-16(26)11(28-15)5-10-3-4-14(27-10)20-13(25)7-23/h3-6,8-9,23H,7H2,1-2H3,(H,20,25)(H,21,26)/b11-5-,15-6+. The minimum Gasteiger partial charge on any atom is -0.387 e. The first-order chi connectivity index (χ1) is 13.3. The van der Waals surface area contributed by atoms with Crippen molar-refractivity contribution in [1.82, 2.24) is 19.7 Å². The van der Waals surface area contributed by atoms with Gasteiger partial charge in [0.25, 0.3) is 11.5 Å². The molecule has 0 spiro atoms. The van der Waals surface area contributed by atoms with E-state index in [4.69, 9.17) is 5.11 Å². The smallest absolute Gasteiger partial charge is 0.266 e. The van der Waals surface area contributed by atoms with Gasteiger partial charge in [0.15, 0.2) is 5.78 Å². The Morgan fingerprint density at radius 2 is 2.14 bits per heavy atom. The molecule has 0 aromatic carbocycles. The van der Waals surface area contributed by atoms with Gasteiger partial charge in [-0.2, -0.15) is 5.10 Å². The molecule has 3 aromatic heterocycles. The zero-order chi connectivity index (χ0) is 20.3. The van der Waals surface area contributed by atoms with Gasteiger partial charge in [0.05, 0.1) is 14.2 Å². The molecular weight excluding hydrogens is 402 g/mol. The van der Waals surface area contributed by atoms with Gasteiger partial charge in [-0.25, -0.2) is 9.67 Å². The SMILES string of the molecule is CC(C)(C(=O)/C=c1\[nH]c(=O)/c(=C/c2ccc(NC(=O)CO)s2)s1)n1cncn1. The fourth-order valence-electron chi connectivity index (χ4n) is 2.23. The molecule has 11 heteroatoms. The van der Waals surface area contributed by atoms with Gasteiger partial charge in [0.2, 0.25) is 0 Å². The first-order valence-corrected chi connectivity index (χ1v) is 9.75. The number of hydrogen-bond acceptors (Lipinski definition) is 8. The molecule has 0 saturated carbocycles. The maximum atomic E-state index is 12.6. The van der Waals surface area contributed by atoms with E-state index in [2.05, 4.69) is 20.4 Å². The molecule has 0 saturated heterocycles. The number of Topliss-reactive ketones (excluding diaryl/α,β-unsaturated/α-hetero) is 1. The quantitative estimate of drug-likeness (QED) is 0.500. The van der Waals surface area contributed by atoms with E-state index in [1.165, 1.54) is 34.7 Å². The Hall–Kier alpha value is -2.89. The second-order valence-corrected chi connectivity index (χ2v) is 8.44. The van der Waals surface area contributed by atoms with Crippen LogP contribution in [0.2, 0.25) is 0 Å². The molecule has 0 fully saturated rings. The maximum Gasteiger partial charge on any atom is 0.266 e. The number of hydrogen-bond donors (Lipinski definition) is 3. The number of anilines is 1. The van der Waals surface area contributed by atoms with Gasteiger partial charge in [-0.3, -0.25) is 14.4 Å². The third-order valence-corrected chi connectivity index (χ3v) is 5.75. The lowest BCUT2D eigenvalue weighted by Crippen LogP contribution is -2.36. The minimum atomic E-state index is -0.936. The lowest BCUT2D eigenvalue weighted by molar-refractivity contribution is -0.120. The summed E-state index contributed by atoms with van der Waals surface area (Å²) in [5, 5.41) is 15.9. The van der Waals surface area contributed by atoms with Crippen LogP contribution in [0.1, 0.15) is 18.7 Å². The number of ketones is 1. The summed E-state index contributed by atoms with van der Waals surface area (Å²) in [6.45, 7) is 2.83. The van der Waals surface area contributed by atoms with Crippen LogP contribution < -0.4 is 20.1 Å². The van der Waals surface area contributed by atoms with Crippen LogP contribution in [0.5, 0.6) is 0 Å². The second kappa shape index (κ2) is 8.00. The number of aliphatic hydroxyl groups excluding tert-OH is 1. The Morgan fingerprint density at radius 3 is 2.82 bits per heavy atom. The van der Waals surface area contributed by atoms with Crippen molar-refractivity contribution in [3.05, 3.63) is 49.2 Å². The van der Waals surface area contributed by atoms with Crippen molar-refractivity contribution >= 4 is 51.5 Å². The molecule has 0 unspecified atom stereocenters. The van der Waals surface area contributed by atoms with Crippen molar-refractivity contribution in [2.24, 2.45) is 0 Å². The van der Waals surface area contributed by atoms with Crippen LogP contribution in [0.4, 0.5) is 5.00 Å². The molecule has 0 atom stereocenters. The lowest BCUT2D eigenvalue weighted by Gasteiger charge is -2.20. The third kappa shape index (κ3) is 4.32. The summed E-state index contributed by atoms with van der Waals surface area (Å²) < 4.78 is 2.32. The number of H-pyrrole nitrogens is 1. The number of aliphatic hydroxyl groups is 1. The van der Waals surface area contributed by atoms with Crippen LogP contribution >= 0.6 is 22.7 Å². The summed E-state index contributed by atoms with van der Waals surface area (Å²) in [5.41, 5.74) is -1.24. The summed E-state index contributed by atoms with van der Waals surface area (Å²) in [7, 11) is 0. The largest absolute Gasteiger partial charge is 0.387 e. The van der Waals surface area contributed by atoms with E-state index in [1.807, 2.05) is 0 Å². The van der Waals surface area contributed by atoms with Crippen molar-refractivity contribution in [1.29, 1.82) is 0 Å². The van der Waals surface area contributed by atoms with Crippen LogP contribution in [0.15, 0.2) is 29.6 Å². The highest BCUT2D eigenvalue weighted by atomic mass is 32.1. The highest BCUT2D eigenvalue weighted by molar-refractivity contribution is 7.17. The fourth-order valence-corrected chi connectivity index (χ4v) is 4.05. The van der Waals surface area contributed by atoms with Crippen LogP contribution in [-0.4, -0.2) is 43.2 Å². The number of aromatic nitrogens is 4. The van der Waals surface area contributed by atoms with Crippen LogP contribution in [0, 0.1) is 0 Å². The predicted octanol–water partition coefficient (Wildman–Crippen LogP) is -0.366. The molecule has 0 radical (unpaired) electrons. The molecule has 146 valence electrons. The molecule has 3 N–H and O–H groups in total. The molecule has 28 heavy (non-hydrogen) atoms. The van der Waals surface area contributed by atoms with Crippen molar-refractivity contribution in [3.63, 3.8) is 0 Å². The Labute approximate surface area is 166 Å².